The van der Waals surface area contributed by atoms with Gasteiger partial charge in [-0.3, -0.25) is 14.4 Å². The molecule has 0 aliphatic heterocycles. The number of hydrogen-bond donors (Lipinski definition) is 0. The average Bonchev–Trinajstić information content (AvgIpc) is 3.32. The van der Waals surface area contributed by atoms with E-state index in [2.05, 4.69) is 52.5 Å². The van der Waals surface area contributed by atoms with Crippen LogP contribution in [0.2, 0.25) is 0 Å². The van der Waals surface area contributed by atoms with Crippen LogP contribution in [0.5, 0.6) is 0 Å². The van der Waals surface area contributed by atoms with E-state index in [9.17, 15) is 14.4 Å². The zero-order chi connectivity index (χ0) is 27.0. The lowest BCUT2D eigenvalue weighted by molar-refractivity contribution is -0.146. The smallest absolute Gasteiger partial charge is 0.306 e. The van der Waals surface area contributed by atoms with Crippen molar-refractivity contribution < 1.29 is 19.1 Å². The molecule has 0 bridgehead atoms. The number of halogens is 1. The van der Waals surface area contributed by atoms with Crippen molar-refractivity contribution in [1.29, 1.82) is 0 Å². The molecule has 0 spiro atoms. The SMILES string of the molecule is CCCCCN(CC(=O)N(CCCC)Cc1cccn1Cc1ccc(Br)cc1)C(=O)CCC(=O)OCC. The Kier molecular flexibility index (Phi) is 14.1. The number of unbranched alkanes of at least 4 members (excludes halogenated alkanes) is 3. The molecular formula is C29H42BrN3O4. The molecule has 0 saturated carbocycles. The van der Waals surface area contributed by atoms with Gasteiger partial charge in [0.1, 0.15) is 0 Å². The quantitative estimate of drug-likeness (QED) is 0.177. The van der Waals surface area contributed by atoms with E-state index in [1.807, 2.05) is 29.3 Å². The Hall–Kier alpha value is -2.61. The molecule has 0 fully saturated rings. The lowest BCUT2D eigenvalue weighted by Gasteiger charge is -2.28. The maximum absolute atomic E-state index is 13.5. The Morgan fingerprint density at radius 2 is 1.57 bits per heavy atom. The number of carbonyl (C=O) groups is 3. The highest BCUT2D eigenvalue weighted by Gasteiger charge is 2.22. The number of amides is 2. The molecule has 0 atom stereocenters. The van der Waals surface area contributed by atoms with Crippen molar-refractivity contribution in [3.8, 4) is 0 Å². The predicted octanol–water partition coefficient (Wildman–Crippen LogP) is 5.79. The molecule has 0 aliphatic carbocycles. The zero-order valence-corrected chi connectivity index (χ0v) is 24.2. The summed E-state index contributed by atoms with van der Waals surface area (Å²) in [6, 6.07) is 12.3. The standard InChI is InChI=1S/C29H42BrN3O4/c1-4-7-9-19-33(27(34)16-17-29(36)37-6-3)23-28(35)32(18-8-5-2)22-26-11-10-20-31(26)21-24-12-14-25(30)15-13-24/h10-15,20H,4-9,16-19,21-23H2,1-3H3. The summed E-state index contributed by atoms with van der Waals surface area (Å²) in [5, 5.41) is 0. The molecule has 8 heteroatoms. The van der Waals surface area contributed by atoms with E-state index in [1.165, 1.54) is 5.56 Å². The number of ether oxygens (including phenoxy) is 1. The summed E-state index contributed by atoms with van der Waals surface area (Å²) in [6.45, 7) is 8.65. The molecule has 0 aliphatic rings. The van der Waals surface area contributed by atoms with Crippen LogP contribution in [-0.2, 0) is 32.2 Å². The van der Waals surface area contributed by atoms with Crippen LogP contribution in [0.4, 0.5) is 0 Å². The van der Waals surface area contributed by atoms with Crippen LogP contribution >= 0.6 is 15.9 Å². The Morgan fingerprint density at radius 1 is 0.865 bits per heavy atom. The number of esters is 1. The number of carbonyl (C=O) groups excluding carboxylic acids is 3. The first-order chi connectivity index (χ1) is 17.9. The summed E-state index contributed by atoms with van der Waals surface area (Å²) < 4.78 is 8.17. The molecule has 0 radical (unpaired) electrons. The maximum Gasteiger partial charge on any atom is 0.306 e. The van der Waals surface area contributed by atoms with Crippen LogP contribution < -0.4 is 0 Å². The summed E-state index contributed by atoms with van der Waals surface area (Å²) in [5.74, 6) is -0.621. The number of hydrogen-bond acceptors (Lipinski definition) is 4. The topological polar surface area (TPSA) is 71.9 Å². The van der Waals surface area contributed by atoms with Crippen LogP contribution in [0.3, 0.4) is 0 Å². The molecule has 2 aromatic rings. The fraction of sp³-hybridized carbons (Fsp3) is 0.552. The van der Waals surface area contributed by atoms with Gasteiger partial charge in [-0.05, 0) is 49.6 Å². The zero-order valence-electron chi connectivity index (χ0n) is 22.6. The molecule has 1 aromatic heterocycles. The number of nitrogens with zero attached hydrogens (tertiary/aromatic N) is 3. The molecule has 7 nitrogen and oxygen atoms in total. The van der Waals surface area contributed by atoms with Crippen LogP contribution in [0, 0.1) is 0 Å². The van der Waals surface area contributed by atoms with E-state index in [0.29, 0.717) is 26.2 Å². The van der Waals surface area contributed by atoms with Crippen molar-refractivity contribution in [2.45, 2.75) is 78.8 Å². The van der Waals surface area contributed by atoms with Crippen molar-refractivity contribution in [2.24, 2.45) is 0 Å². The van der Waals surface area contributed by atoms with Crippen LogP contribution in [0.15, 0.2) is 47.1 Å². The van der Waals surface area contributed by atoms with Gasteiger partial charge in [0.2, 0.25) is 11.8 Å². The van der Waals surface area contributed by atoms with Gasteiger partial charge in [-0.2, -0.15) is 0 Å². The van der Waals surface area contributed by atoms with Crippen molar-refractivity contribution in [3.05, 3.63) is 58.3 Å². The van der Waals surface area contributed by atoms with Gasteiger partial charge in [0.25, 0.3) is 0 Å². The second kappa shape index (κ2) is 17.0. The highest BCUT2D eigenvalue weighted by molar-refractivity contribution is 9.10. The highest BCUT2D eigenvalue weighted by Crippen LogP contribution is 2.15. The summed E-state index contributed by atoms with van der Waals surface area (Å²) in [6.07, 6.45) is 6.84. The third-order valence-electron chi connectivity index (χ3n) is 6.24. The molecule has 2 amide bonds. The van der Waals surface area contributed by atoms with E-state index >= 15 is 0 Å². The van der Waals surface area contributed by atoms with Gasteiger partial charge in [-0.15, -0.1) is 0 Å². The Bertz CT molecular complexity index is 974. The normalized spacial score (nSPS) is 10.8. The van der Waals surface area contributed by atoms with Gasteiger partial charge >= 0.3 is 5.97 Å². The van der Waals surface area contributed by atoms with E-state index in [-0.39, 0.29) is 37.2 Å². The van der Waals surface area contributed by atoms with Crippen LogP contribution in [-0.4, -0.2) is 58.4 Å². The molecule has 37 heavy (non-hydrogen) atoms. The molecule has 1 aromatic carbocycles. The molecule has 2 rings (SSSR count). The monoisotopic (exact) mass is 575 g/mol. The van der Waals surface area contributed by atoms with Crippen LogP contribution in [0.25, 0.3) is 0 Å². The van der Waals surface area contributed by atoms with Crippen molar-refractivity contribution in [3.63, 3.8) is 0 Å². The number of aromatic nitrogens is 1. The third kappa shape index (κ3) is 11.1. The van der Waals surface area contributed by atoms with E-state index in [4.69, 9.17) is 4.74 Å². The minimum Gasteiger partial charge on any atom is -0.466 e. The fourth-order valence-electron chi connectivity index (χ4n) is 4.08. The number of rotatable bonds is 17. The summed E-state index contributed by atoms with van der Waals surface area (Å²) in [5.41, 5.74) is 2.24. The highest BCUT2D eigenvalue weighted by atomic mass is 79.9. The van der Waals surface area contributed by atoms with E-state index < -0.39 is 0 Å². The van der Waals surface area contributed by atoms with Crippen molar-refractivity contribution >= 4 is 33.7 Å². The minimum atomic E-state index is -0.383. The summed E-state index contributed by atoms with van der Waals surface area (Å²) in [7, 11) is 0. The van der Waals surface area contributed by atoms with Crippen molar-refractivity contribution in [1.82, 2.24) is 14.4 Å². The lowest BCUT2D eigenvalue weighted by atomic mass is 10.2. The van der Waals surface area contributed by atoms with Gasteiger partial charge < -0.3 is 19.1 Å². The second-order valence-corrected chi connectivity index (χ2v) is 10.2. The number of benzene rings is 1. The van der Waals surface area contributed by atoms with Gasteiger partial charge in [-0.1, -0.05) is 61.2 Å². The predicted molar refractivity (Wildman–Crippen MR) is 150 cm³/mol. The molecule has 204 valence electrons. The average molecular weight is 577 g/mol. The first-order valence-corrected chi connectivity index (χ1v) is 14.3. The fourth-order valence-corrected chi connectivity index (χ4v) is 4.34. The Morgan fingerprint density at radius 3 is 2.24 bits per heavy atom. The summed E-state index contributed by atoms with van der Waals surface area (Å²) in [4.78, 5) is 41.7. The van der Waals surface area contributed by atoms with E-state index in [1.54, 1.807) is 11.8 Å². The lowest BCUT2D eigenvalue weighted by Crippen LogP contribution is -2.43. The second-order valence-electron chi connectivity index (χ2n) is 9.25. The minimum absolute atomic E-state index is 0.0303. The van der Waals surface area contributed by atoms with Crippen LogP contribution in [0.1, 0.15) is 77.0 Å². The van der Waals surface area contributed by atoms with Gasteiger partial charge in [0, 0.05) is 42.4 Å². The third-order valence-corrected chi connectivity index (χ3v) is 6.76. The Balaban J connectivity index is 2.10. The molecule has 1 heterocycles. The first kappa shape index (κ1) is 30.6. The van der Waals surface area contributed by atoms with Gasteiger partial charge in [-0.25, -0.2) is 0 Å². The largest absolute Gasteiger partial charge is 0.466 e. The molecule has 0 unspecified atom stereocenters. The Labute approximate surface area is 230 Å². The maximum atomic E-state index is 13.5. The molecule has 0 N–H and O–H groups in total. The van der Waals surface area contributed by atoms with Crippen molar-refractivity contribution in [2.75, 3.05) is 26.2 Å². The molecular weight excluding hydrogens is 534 g/mol. The van der Waals surface area contributed by atoms with Gasteiger partial charge in [0.05, 0.1) is 26.1 Å². The summed E-state index contributed by atoms with van der Waals surface area (Å²) >= 11 is 3.48. The van der Waals surface area contributed by atoms with E-state index in [0.717, 1.165) is 48.8 Å². The first-order valence-electron chi connectivity index (χ1n) is 13.5. The van der Waals surface area contributed by atoms with Gasteiger partial charge in [0.15, 0.2) is 0 Å². The molecule has 0 saturated heterocycles.